The van der Waals surface area contributed by atoms with Crippen LogP contribution in [0.25, 0.3) is 10.8 Å². The number of allylic oxidation sites excluding steroid dienone is 1. The Morgan fingerprint density at radius 1 is 0.970 bits per heavy atom. The summed E-state index contributed by atoms with van der Waals surface area (Å²) < 4.78 is 35.6. The van der Waals surface area contributed by atoms with Crippen LogP contribution < -0.4 is 4.74 Å². The first-order chi connectivity index (χ1) is 16.1. The summed E-state index contributed by atoms with van der Waals surface area (Å²) in [5.41, 5.74) is 0.782. The minimum absolute atomic E-state index is 0.180. The fourth-order valence-electron chi connectivity index (χ4n) is 6.36. The van der Waals surface area contributed by atoms with Crippen LogP contribution in [0.15, 0.2) is 36.4 Å². The average Bonchev–Trinajstić information content (AvgIpc) is 2.83. The van der Waals surface area contributed by atoms with Crippen molar-refractivity contribution in [1.82, 2.24) is 0 Å². The van der Waals surface area contributed by atoms with E-state index in [1.807, 2.05) is 31.2 Å². The summed E-state index contributed by atoms with van der Waals surface area (Å²) in [4.78, 5) is 0. The molecule has 1 nitrogen and oxygen atoms in total. The molecule has 0 aromatic heterocycles. The van der Waals surface area contributed by atoms with Crippen molar-refractivity contribution in [2.45, 2.75) is 90.4 Å². The van der Waals surface area contributed by atoms with E-state index in [1.54, 1.807) is 6.07 Å². The summed E-state index contributed by atoms with van der Waals surface area (Å²) in [7, 11) is 0. The van der Waals surface area contributed by atoms with E-state index in [0.29, 0.717) is 12.0 Å². The molecule has 2 fully saturated rings. The summed E-state index contributed by atoms with van der Waals surface area (Å²) in [6, 6.07) is 6.82. The first kappa shape index (κ1) is 24.2. The molecule has 0 N–H and O–H groups in total. The Hall–Kier alpha value is -1.90. The minimum Gasteiger partial charge on any atom is -0.486 e. The summed E-state index contributed by atoms with van der Waals surface area (Å²) in [6.45, 7) is 4.48. The number of benzene rings is 2. The van der Waals surface area contributed by atoms with Crippen molar-refractivity contribution in [3.05, 3.63) is 53.6 Å². The van der Waals surface area contributed by atoms with Crippen molar-refractivity contribution in [3.63, 3.8) is 0 Å². The Morgan fingerprint density at radius 3 is 2.61 bits per heavy atom. The Bertz CT molecular complexity index is 950. The Labute approximate surface area is 198 Å². The van der Waals surface area contributed by atoms with Gasteiger partial charge in [-0.15, -0.1) is 0 Å². The first-order valence-electron chi connectivity index (χ1n) is 13.3. The minimum atomic E-state index is -0.469. The maximum Gasteiger partial charge on any atom is 0.172 e. The molecule has 0 bridgehead atoms. The molecule has 0 radical (unpaired) electrons. The Morgan fingerprint density at radius 2 is 1.79 bits per heavy atom. The predicted octanol–water partition coefficient (Wildman–Crippen LogP) is 9.34. The lowest BCUT2D eigenvalue weighted by molar-refractivity contribution is 0.112. The van der Waals surface area contributed by atoms with Gasteiger partial charge in [-0.3, -0.25) is 0 Å². The first-order valence-corrected chi connectivity index (χ1v) is 13.3. The summed E-state index contributed by atoms with van der Waals surface area (Å²) in [5.74, 6) is 2.16. The number of rotatable bonds is 9. The second-order valence-electron chi connectivity index (χ2n) is 10.4. The standard InChI is InChI=1S/C30H40F2O/c1-3-5-7-8-9-21-10-11-23-18-24(13-12-22(23)17-21)26-19-25-14-15-29(33-16-6-4-2)30(32)27(25)20-28(26)31/h4,6,14-15,19-24H,3,5,7-13,16-18H2,1-2H3/b6-4+/t21?,22-,23?,24-/m1/s1. The van der Waals surface area contributed by atoms with E-state index in [0.717, 1.165) is 41.5 Å². The van der Waals surface area contributed by atoms with Crippen LogP contribution in [0.3, 0.4) is 0 Å². The molecule has 0 aliphatic heterocycles. The third-order valence-electron chi connectivity index (χ3n) is 8.23. The summed E-state index contributed by atoms with van der Waals surface area (Å²) >= 11 is 0. The number of unbranched alkanes of at least 4 members (excludes halogenated alkanes) is 3. The van der Waals surface area contributed by atoms with Gasteiger partial charge in [0.15, 0.2) is 11.6 Å². The summed E-state index contributed by atoms with van der Waals surface area (Å²) in [5, 5.41) is 1.08. The highest BCUT2D eigenvalue weighted by molar-refractivity contribution is 5.85. The van der Waals surface area contributed by atoms with Gasteiger partial charge >= 0.3 is 0 Å². The lowest BCUT2D eigenvalue weighted by atomic mass is 9.63. The van der Waals surface area contributed by atoms with E-state index < -0.39 is 5.82 Å². The monoisotopic (exact) mass is 454 g/mol. The van der Waals surface area contributed by atoms with E-state index in [4.69, 9.17) is 4.74 Å². The van der Waals surface area contributed by atoms with Gasteiger partial charge in [0.05, 0.1) is 0 Å². The molecule has 2 aromatic rings. The molecule has 2 aliphatic carbocycles. The molecular weight excluding hydrogens is 414 g/mol. The molecule has 0 saturated heterocycles. The van der Waals surface area contributed by atoms with Gasteiger partial charge in [0.1, 0.15) is 12.4 Å². The van der Waals surface area contributed by atoms with Crippen LogP contribution in [0, 0.1) is 29.4 Å². The highest BCUT2D eigenvalue weighted by Gasteiger charge is 2.36. The predicted molar refractivity (Wildman–Crippen MR) is 134 cm³/mol. The van der Waals surface area contributed by atoms with Crippen molar-refractivity contribution in [2.24, 2.45) is 17.8 Å². The maximum atomic E-state index is 15.2. The third kappa shape index (κ3) is 5.78. The lowest BCUT2D eigenvalue weighted by Crippen LogP contribution is -2.30. The van der Waals surface area contributed by atoms with Crippen molar-refractivity contribution < 1.29 is 13.5 Å². The van der Waals surface area contributed by atoms with E-state index in [1.165, 1.54) is 63.9 Å². The van der Waals surface area contributed by atoms with E-state index in [9.17, 15) is 4.39 Å². The molecular formula is C30H40F2O. The largest absolute Gasteiger partial charge is 0.486 e. The molecule has 3 heteroatoms. The normalized spacial score (nSPS) is 25.5. The molecule has 2 saturated carbocycles. The van der Waals surface area contributed by atoms with E-state index in [2.05, 4.69) is 6.92 Å². The summed E-state index contributed by atoms with van der Waals surface area (Å²) in [6.07, 6.45) is 17.9. The molecule has 0 spiro atoms. The van der Waals surface area contributed by atoms with Crippen molar-refractivity contribution >= 4 is 10.8 Å². The fourth-order valence-corrected chi connectivity index (χ4v) is 6.36. The SMILES string of the molecule is C/C=C/COc1ccc2cc([C@@H]3CC[C@@H]4CC(CCCCCC)CCC4C3)c(F)cc2c1F. The highest BCUT2D eigenvalue weighted by atomic mass is 19.1. The number of hydrogen-bond acceptors (Lipinski definition) is 1. The van der Waals surface area contributed by atoms with Gasteiger partial charge in [0.2, 0.25) is 0 Å². The van der Waals surface area contributed by atoms with Gasteiger partial charge < -0.3 is 4.74 Å². The van der Waals surface area contributed by atoms with Gasteiger partial charge in [0.25, 0.3) is 0 Å². The quantitative estimate of drug-likeness (QED) is 0.271. The average molecular weight is 455 g/mol. The zero-order valence-electron chi connectivity index (χ0n) is 20.4. The van der Waals surface area contributed by atoms with Gasteiger partial charge in [0, 0.05) is 5.39 Å². The second-order valence-corrected chi connectivity index (χ2v) is 10.4. The molecule has 2 unspecified atom stereocenters. The van der Waals surface area contributed by atoms with E-state index >= 15 is 4.39 Å². The van der Waals surface area contributed by atoms with Crippen LogP contribution in [0.2, 0.25) is 0 Å². The zero-order chi connectivity index (χ0) is 23.2. The molecule has 0 amide bonds. The number of halogens is 2. The number of ether oxygens (including phenoxy) is 1. The van der Waals surface area contributed by atoms with Crippen molar-refractivity contribution in [1.29, 1.82) is 0 Å². The van der Waals surface area contributed by atoms with Crippen LogP contribution in [-0.2, 0) is 0 Å². The molecule has 4 atom stereocenters. The Balaban J connectivity index is 1.42. The molecule has 33 heavy (non-hydrogen) atoms. The van der Waals surface area contributed by atoms with Crippen LogP contribution >= 0.6 is 0 Å². The number of fused-ring (bicyclic) bond motifs is 2. The van der Waals surface area contributed by atoms with Gasteiger partial charge in [-0.05, 0) is 91.8 Å². The molecule has 180 valence electrons. The zero-order valence-corrected chi connectivity index (χ0v) is 20.4. The van der Waals surface area contributed by atoms with Gasteiger partial charge in [-0.2, -0.15) is 0 Å². The Kier molecular flexibility index (Phi) is 8.44. The number of hydrogen-bond donors (Lipinski definition) is 0. The van der Waals surface area contributed by atoms with Gasteiger partial charge in [-0.1, -0.05) is 63.7 Å². The smallest absolute Gasteiger partial charge is 0.172 e. The van der Waals surface area contributed by atoms with Gasteiger partial charge in [-0.25, -0.2) is 8.78 Å². The second kappa shape index (κ2) is 11.5. The van der Waals surface area contributed by atoms with Crippen LogP contribution in [0.5, 0.6) is 5.75 Å². The van der Waals surface area contributed by atoms with Crippen LogP contribution in [0.4, 0.5) is 8.78 Å². The molecule has 0 heterocycles. The molecule has 4 rings (SSSR count). The molecule has 2 aromatic carbocycles. The topological polar surface area (TPSA) is 9.23 Å². The van der Waals surface area contributed by atoms with Crippen LogP contribution in [-0.4, -0.2) is 6.61 Å². The lowest BCUT2D eigenvalue weighted by Gasteiger charge is -2.42. The van der Waals surface area contributed by atoms with E-state index in [-0.39, 0.29) is 17.5 Å². The highest BCUT2D eigenvalue weighted by Crippen LogP contribution is 2.49. The third-order valence-corrected chi connectivity index (χ3v) is 8.23. The maximum absolute atomic E-state index is 15.2. The van der Waals surface area contributed by atoms with Crippen molar-refractivity contribution in [3.8, 4) is 5.75 Å². The van der Waals surface area contributed by atoms with Crippen molar-refractivity contribution in [2.75, 3.05) is 6.61 Å². The molecule has 2 aliphatic rings. The van der Waals surface area contributed by atoms with Crippen LogP contribution in [0.1, 0.15) is 96.0 Å². The fraction of sp³-hybridized carbons (Fsp3) is 0.600.